The summed E-state index contributed by atoms with van der Waals surface area (Å²) >= 11 is 2.75. The lowest BCUT2D eigenvalue weighted by molar-refractivity contribution is -0.118. The zero-order chi connectivity index (χ0) is 20.1. The van der Waals surface area contributed by atoms with Gasteiger partial charge >= 0.3 is 0 Å². The fourth-order valence-electron chi connectivity index (χ4n) is 2.80. The maximum atomic E-state index is 12.9. The molecule has 2 N–H and O–H groups in total. The molecule has 146 valence electrons. The maximum absolute atomic E-state index is 12.9. The van der Waals surface area contributed by atoms with Crippen molar-refractivity contribution >= 4 is 40.6 Å². The predicted octanol–water partition coefficient (Wildman–Crippen LogP) is 3.03. The second-order valence-corrected chi connectivity index (χ2v) is 8.21. The number of hydrogen-bond donors (Lipinski definition) is 1. The molecule has 0 spiro atoms. The summed E-state index contributed by atoms with van der Waals surface area (Å²) in [5.74, 6) is 0.220. The number of para-hydroxylation sites is 1. The summed E-state index contributed by atoms with van der Waals surface area (Å²) < 4.78 is 1.66. The van der Waals surface area contributed by atoms with E-state index in [0.717, 1.165) is 10.6 Å². The Kier molecular flexibility index (Phi) is 6.48. The average molecular weight is 416 g/mol. The molecule has 0 aliphatic heterocycles. The van der Waals surface area contributed by atoms with E-state index in [4.69, 9.17) is 5.73 Å². The lowest BCUT2D eigenvalue weighted by Gasteiger charge is -2.26. The molecule has 0 saturated carbocycles. The van der Waals surface area contributed by atoms with Crippen molar-refractivity contribution in [2.75, 3.05) is 10.7 Å². The number of thiophene rings is 1. The molecule has 0 fully saturated rings. The van der Waals surface area contributed by atoms with Crippen molar-refractivity contribution in [1.82, 2.24) is 14.8 Å². The van der Waals surface area contributed by atoms with E-state index in [2.05, 4.69) is 10.2 Å². The molecule has 2 aromatic heterocycles. The van der Waals surface area contributed by atoms with Gasteiger partial charge in [-0.3, -0.25) is 14.2 Å². The fourth-order valence-corrected chi connectivity index (χ4v) is 4.31. The van der Waals surface area contributed by atoms with E-state index in [1.165, 1.54) is 23.1 Å². The number of hydrogen-bond acceptors (Lipinski definition) is 6. The number of nitrogens with two attached hydrogens (primary N) is 1. The Morgan fingerprint density at radius 1 is 1.18 bits per heavy atom. The molecule has 3 rings (SSSR count). The van der Waals surface area contributed by atoms with Crippen LogP contribution in [0, 0.1) is 0 Å². The van der Waals surface area contributed by atoms with E-state index in [9.17, 15) is 9.59 Å². The van der Waals surface area contributed by atoms with Crippen LogP contribution in [0.4, 0.5) is 5.69 Å². The van der Waals surface area contributed by atoms with Crippen LogP contribution in [-0.4, -0.2) is 38.4 Å². The summed E-state index contributed by atoms with van der Waals surface area (Å²) in [6, 6.07) is 13.4. The largest absolute Gasteiger partial charge is 0.368 e. The number of thioether (sulfide) groups is 1. The number of anilines is 1. The smallest absolute Gasteiger partial charge is 0.237 e. The van der Waals surface area contributed by atoms with Crippen molar-refractivity contribution < 1.29 is 9.59 Å². The van der Waals surface area contributed by atoms with Gasteiger partial charge in [-0.25, -0.2) is 0 Å². The summed E-state index contributed by atoms with van der Waals surface area (Å²) in [6.07, 6.45) is 0. The van der Waals surface area contributed by atoms with Crippen LogP contribution in [0.2, 0.25) is 0 Å². The molecule has 2 amide bonds. The Hall–Kier alpha value is -2.65. The van der Waals surface area contributed by atoms with E-state index < -0.39 is 5.91 Å². The molecule has 2 heterocycles. The van der Waals surface area contributed by atoms with Crippen LogP contribution in [0.25, 0.3) is 10.7 Å². The maximum Gasteiger partial charge on any atom is 0.237 e. The average Bonchev–Trinajstić information content (AvgIpc) is 3.30. The van der Waals surface area contributed by atoms with Crippen LogP contribution >= 0.6 is 23.1 Å². The monoisotopic (exact) mass is 415 g/mol. The third kappa shape index (κ3) is 4.60. The summed E-state index contributed by atoms with van der Waals surface area (Å²) in [5, 5.41) is 10.8. The van der Waals surface area contributed by atoms with Gasteiger partial charge in [0.15, 0.2) is 11.0 Å². The van der Waals surface area contributed by atoms with Crippen molar-refractivity contribution in [3.8, 4) is 10.7 Å². The van der Waals surface area contributed by atoms with Crippen molar-refractivity contribution in [3.63, 3.8) is 0 Å². The highest BCUT2D eigenvalue weighted by molar-refractivity contribution is 7.99. The number of nitrogens with zero attached hydrogens (tertiary/aromatic N) is 4. The number of carbonyl (C=O) groups excluding carboxylic acids is 2. The lowest BCUT2D eigenvalue weighted by atomic mass is 10.2. The molecule has 0 bridgehead atoms. The van der Waals surface area contributed by atoms with Gasteiger partial charge < -0.3 is 10.6 Å². The number of primary amides is 1. The molecule has 0 saturated heterocycles. The van der Waals surface area contributed by atoms with E-state index in [-0.39, 0.29) is 24.2 Å². The lowest BCUT2D eigenvalue weighted by Crippen LogP contribution is -2.38. The highest BCUT2D eigenvalue weighted by Gasteiger charge is 2.22. The van der Waals surface area contributed by atoms with Crippen LogP contribution in [0.5, 0.6) is 0 Å². The molecular formula is C19H21N5O2S2. The standard InChI is InChI=1S/C19H21N5O2S2/c1-13(2)24(14-7-4-3-5-8-14)17(26)12-28-19-22-21-18(15-9-6-10-27-15)23(19)11-16(20)25/h3-10,13H,11-12H2,1-2H3,(H2,20,25). The Morgan fingerprint density at radius 3 is 2.54 bits per heavy atom. The van der Waals surface area contributed by atoms with Gasteiger partial charge in [-0.15, -0.1) is 21.5 Å². The van der Waals surface area contributed by atoms with Crippen molar-refractivity contribution in [3.05, 3.63) is 47.8 Å². The summed E-state index contributed by atoms with van der Waals surface area (Å²) in [7, 11) is 0. The molecule has 0 unspecified atom stereocenters. The second kappa shape index (κ2) is 9.03. The molecule has 1 aromatic carbocycles. The van der Waals surface area contributed by atoms with Crippen LogP contribution in [0.15, 0.2) is 53.0 Å². The summed E-state index contributed by atoms with van der Waals surface area (Å²) in [6.45, 7) is 3.91. The van der Waals surface area contributed by atoms with Crippen LogP contribution in [0.1, 0.15) is 13.8 Å². The number of rotatable bonds is 8. The van der Waals surface area contributed by atoms with E-state index in [1.54, 1.807) is 9.47 Å². The summed E-state index contributed by atoms with van der Waals surface area (Å²) in [5.41, 5.74) is 6.25. The molecule has 28 heavy (non-hydrogen) atoms. The van der Waals surface area contributed by atoms with E-state index in [0.29, 0.717) is 11.0 Å². The number of aromatic nitrogens is 3. The molecule has 9 heteroatoms. The van der Waals surface area contributed by atoms with Crippen molar-refractivity contribution in [1.29, 1.82) is 0 Å². The first-order valence-corrected chi connectivity index (χ1v) is 10.6. The van der Waals surface area contributed by atoms with Crippen LogP contribution in [-0.2, 0) is 16.1 Å². The first kappa shape index (κ1) is 20.1. The first-order valence-electron chi connectivity index (χ1n) is 8.72. The van der Waals surface area contributed by atoms with Crippen LogP contribution in [0.3, 0.4) is 0 Å². The zero-order valence-corrected chi connectivity index (χ0v) is 17.2. The van der Waals surface area contributed by atoms with Gasteiger partial charge in [0.25, 0.3) is 0 Å². The molecule has 7 nitrogen and oxygen atoms in total. The number of benzene rings is 1. The van der Waals surface area contributed by atoms with Gasteiger partial charge in [0.1, 0.15) is 6.54 Å². The van der Waals surface area contributed by atoms with Gasteiger partial charge in [-0.2, -0.15) is 0 Å². The third-order valence-corrected chi connectivity index (χ3v) is 5.73. The predicted molar refractivity (Wildman–Crippen MR) is 112 cm³/mol. The van der Waals surface area contributed by atoms with E-state index >= 15 is 0 Å². The minimum absolute atomic E-state index is 0.0145. The molecule has 3 aromatic rings. The normalized spacial score (nSPS) is 11.0. The quantitative estimate of drug-likeness (QED) is 0.571. The van der Waals surface area contributed by atoms with Gasteiger partial charge in [0, 0.05) is 11.7 Å². The van der Waals surface area contributed by atoms with Crippen molar-refractivity contribution in [2.24, 2.45) is 5.73 Å². The Labute approximate surface area is 171 Å². The Balaban J connectivity index is 1.80. The third-order valence-electron chi connectivity index (χ3n) is 3.92. The SMILES string of the molecule is CC(C)N(C(=O)CSc1nnc(-c2cccs2)n1CC(N)=O)c1ccccc1. The molecule has 0 aliphatic carbocycles. The minimum Gasteiger partial charge on any atom is -0.368 e. The molecular weight excluding hydrogens is 394 g/mol. The van der Waals surface area contributed by atoms with E-state index in [1.807, 2.05) is 61.7 Å². The highest BCUT2D eigenvalue weighted by atomic mass is 32.2. The first-order chi connectivity index (χ1) is 13.5. The van der Waals surface area contributed by atoms with Gasteiger partial charge in [-0.1, -0.05) is 36.0 Å². The number of amides is 2. The Morgan fingerprint density at radius 2 is 1.93 bits per heavy atom. The molecule has 0 aliphatic rings. The minimum atomic E-state index is -0.487. The topological polar surface area (TPSA) is 94.1 Å². The van der Waals surface area contributed by atoms with Crippen molar-refractivity contribution in [2.45, 2.75) is 31.6 Å². The molecule has 0 radical (unpaired) electrons. The number of carbonyl (C=O) groups is 2. The van der Waals surface area contributed by atoms with Gasteiger partial charge in [0.05, 0.1) is 10.6 Å². The molecule has 0 atom stereocenters. The summed E-state index contributed by atoms with van der Waals surface area (Å²) in [4.78, 5) is 27.1. The van der Waals surface area contributed by atoms with Crippen LogP contribution < -0.4 is 10.6 Å². The zero-order valence-electron chi connectivity index (χ0n) is 15.6. The highest BCUT2D eigenvalue weighted by Crippen LogP contribution is 2.28. The van der Waals surface area contributed by atoms with Gasteiger partial charge in [-0.05, 0) is 37.4 Å². The van der Waals surface area contributed by atoms with Gasteiger partial charge in [0.2, 0.25) is 11.8 Å². The Bertz CT molecular complexity index is 939. The second-order valence-electron chi connectivity index (χ2n) is 6.32. The fraction of sp³-hybridized carbons (Fsp3) is 0.263.